The van der Waals surface area contributed by atoms with Crippen molar-refractivity contribution in [2.45, 2.75) is 25.8 Å². The van der Waals surface area contributed by atoms with Crippen molar-refractivity contribution < 1.29 is 9.21 Å². The third-order valence-electron chi connectivity index (χ3n) is 3.63. The maximum Gasteiger partial charge on any atom is 0.419 e. The van der Waals surface area contributed by atoms with E-state index in [9.17, 15) is 9.59 Å². The fraction of sp³-hybridized carbons (Fsp3) is 0.294. The highest BCUT2D eigenvalue weighted by Gasteiger charge is 2.09. The molecule has 5 nitrogen and oxygen atoms in total. The number of carbonyl (C=O) groups excluding carboxylic acids is 1. The maximum absolute atomic E-state index is 11.8. The number of aromatic nitrogens is 1. The largest absolute Gasteiger partial charge is 0.419 e. The quantitative estimate of drug-likeness (QED) is 0.724. The van der Waals surface area contributed by atoms with E-state index in [2.05, 4.69) is 11.4 Å². The van der Waals surface area contributed by atoms with Gasteiger partial charge < -0.3 is 9.73 Å². The molecule has 2 aromatic heterocycles. The molecule has 0 saturated carbocycles. The highest BCUT2D eigenvalue weighted by atomic mass is 32.1. The number of thiophene rings is 1. The molecule has 0 fully saturated rings. The molecule has 3 aromatic rings. The van der Waals surface area contributed by atoms with Gasteiger partial charge in [-0.3, -0.25) is 9.36 Å². The molecular formula is C17H18N2O3S. The molecule has 0 aliphatic heterocycles. The number of carbonyl (C=O) groups is 1. The summed E-state index contributed by atoms with van der Waals surface area (Å²) >= 11 is 1.69. The van der Waals surface area contributed by atoms with Crippen LogP contribution in [0.5, 0.6) is 0 Å². The zero-order valence-corrected chi connectivity index (χ0v) is 13.5. The van der Waals surface area contributed by atoms with Crippen LogP contribution in [0.3, 0.4) is 0 Å². The average molecular weight is 330 g/mol. The molecule has 120 valence electrons. The van der Waals surface area contributed by atoms with Gasteiger partial charge in [0.15, 0.2) is 5.58 Å². The topological polar surface area (TPSA) is 64.2 Å². The van der Waals surface area contributed by atoms with E-state index < -0.39 is 0 Å². The normalized spacial score (nSPS) is 11.0. The predicted octanol–water partition coefficient (Wildman–Crippen LogP) is 2.80. The van der Waals surface area contributed by atoms with Crippen molar-refractivity contribution in [3.8, 4) is 0 Å². The number of fused-ring (bicyclic) bond motifs is 1. The minimum Gasteiger partial charge on any atom is -0.408 e. The average Bonchev–Trinajstić information content (AvgIpc) is 3.16. The molecule has 1 amide bonds. The van der Waals surface area contributed by atoms with E-state index in [1.807, 2.05) is 29.6 Å². The number of amides is 1. The summed E-state index contributed by atoms with van der Waals surface area (Å²) in [6, 6.07) is 11.4. The van der Waals surface area contributed by atoms with E-state index in [0.717, 1.165) is 11.9 Å². The number of nitrogens with one attached hydrogen (secondary N) is 1. The molecule has 0 radical (unpaired) electrons. The maximum atomic E-state index is 11.8. The molecule has 0 aliphatic carbocycles. The first-order valence-corrected chi connectivity index (χ1v) is 8.49. The molecule has 3 rings (SSSR count). The van der Waals surface area contributed by atoms with Crippen LogP contribution in [0.1, 0.15) is 17.7 Å². The van der Waals surface area contributed by atoms with E-state index in [1.54, 1.807) is 22.0 Å². The summed E-state index contributed by atoms with van der Waals surface area (Å²) in [7, 11) is 0. The summed E-state index contributed by atoms with van der Waals surface area (Å²) in [5.41, 5.74) is 1.36. The fourth-order valence-corrected chi connectivity index (χ4v) is 3.20. The second-order valence-corrected chi connectivity index (χ2v) is 6.30. The van der Waals surface area contributed by atoms with Crippen LogP contribution in [0, 0.1) is 0 Å². The van der Waals surface area contributed by atoms with Crippen LogP contribution in [0.15, 0.2) is 51.0 Å². The molecular weight excluding hydrogens is 312 g/mol. The molecule has 0 unspecified atom stereocenters. The lowest BCUT2D eigenvalue weighted by molar-refractivity contribution is -0.121. The zero-order chi connectivity index (χ0) is 16.1. The number of benzene rings is 1. The monoisotopic (exact) mass is 330 g/mol. The van der Waals surface area contributed by atoms with Crippen molar-refractivity contribution in [1.82, 2.24) is 9.88 Å². The lowest BCUT2D eigenvalue weighted by Crippen LogP contribution is -2.26. The van der Waals surface area contributed by atoms with Crippen molar-refractivity contribution in [3.05, 3.63) is 57.2 Å². The van der Waals surface area contributed by atoms with E-state index in [1.165, 1.54) is 4.88 Å². The molecule has 1 N–H and O–H groups in total. The number of rotatable bonds is 7. The molecule has 23 heavy (non-hydrogen) atoms. The van der Waals surface area contributed by atoms with Crippen LogP contribution in [-0.4, -0.2) is 17.0 Å². The Hall–Kier alpha value is -2.34. The Bertz CT molecular complexity index is 833. The minimum atomic E-state index is -0.371. The summed E-state index contributed by atoms with van der Waals surface area (Å²) in [4.78, 5) is 24.9. The van der Waals surface area contributed by atoms with Crippen molar-refractivity contribution in [3.63, 3.8) is 0 Å². The summed E-state index contributed by atoms with van der Waals surface area (Å²) in [5.74, 6) is -0.355. The van der Waals surface area contributed by atoms with Gasteiger partial charge in [0.25, 0.3) is 0 Å². The number of nitrogens with zero attached hydrogens (tertiary/aromatic N) is 1. The van der Waals surface area contributed by atoms with Gasteiger partial charge in [-0.05, 0) is 36.4 Å². The summed E-state index contributed by atoms with van der Waals surface area (Å²) < 4.78 is 6.75. The molecule has 1 aromatic carbocycles. The van der Waals surface area contributed by atoms with Gasteiger partial charge in [0.05, 0.1) is 5.52 Å². The molecule has 0 aliphatic rings. The van der Waals surface area contributed by atoms with Gasteiger partial charge in [0.1, 0.15) is 0 Å². The molecule has 6 heteroatoms. The van der Waals surface area contributed by atoms with E-state index in [0.29, 0.717) is 31.5 Å². The fourth-order valence-electron chi connectivity index (χ4n) is 2.49. The Morgan fingerprint density at radius 3 is 2.91 bits per heavy atom. The molecule has 0 atom stereocenters. The first-order chi connectivity index (χ1) is 11.2. The smallest absolute Gasteiger partial charge is 0.408 e. The van der Waals surface area contributed by atoms with Gasteiger partial charge >= 0.3 is 5.76 Å². The van der Waals surface area contributed by atoms with E-state index >= 15 is 0 Å². The highest BCUT2D eigenvalue weighted by Crippen LogP contribution is 2.12. The van der Waals surface area contributed by atoms with Gasteiger partial charge in [-0.25, -0.2) is 4.79 Å². The number of hydrogen-bond acceptors (Lipinski definition) is 4. The standard InChI is InChI=1S/C17H18N2O3S/c20-16(18-10-9-13-5-4-12-23-13)8-3-11-19-14-6-1-2-7-15(14)22-17(19)21/h1-2,4-7,12H,3,8-11H2,(H,18,20). The lowest BCUT2D eigenvalue weighted by Gasteiger charge is -2.05. The highest BCUT2D eigenvalue weighted by molar-refractivity contribution is 7.09. The Morgan fingerprint density at radius 2 is 2.09 bits per heavy atom. The van der Waals surface area contributed by atoms with E-state index in [-0.39, 0.29) is 11.7 Å². The van der Waals surface area contributed by atoms with Gasteiger partial charge in [-0.15, -0.1) is 11.3 Å². The van der Waals surface area contributed by atoms with E-state index in [4.69, 9.17) is 4.42 Å². The Balaban J connectivity index is 1.46. The third kappa shape index (κ3) is 3.90. The summed E-state index contributed by atoms with van der Waals surface area (Å²) in [5, 5.41) is 4.94. The SMILES string of the molecule is O=C(CCCn1c(=O)oc2ccccc21)NCCc1cccs1. The Kier molecular flexibility index (Phi) is 4.92. The molecule has 0 saturated heterocycles. The third-order valence-corrected chi connectivity index (χ3v) is 4.57. The Morgan fingerprint density at radius 1 is 1.22 bits per heavy atom. The van der Waals surface area contributed by atoms with Gasteiger partial charge in [0, 0.05) is 24.4 Å². The number of hydrogen-bond donors (Lipinski definition) is 1. The second kappa shape index (κ2) is 7.28. The van der Waals surface area contributed by atoms with Gasteiger partial charge in [-0.2, -0.15) is 0 Å². The van der Waals surface area contributed by atoms with Crippen LogP contribution in [0.4, 0.5) is 0 Å². The minimum absolute atomic E-state index is 0.0161. The summed E-state index contributed by atoms with van der Waals surface area (Å²) in [6.07, 6.45) is 1.86. The van der Waals surface area contributed by atoms with Crippen LogP contribution < -0.4 is 11.1 Å². The Labute approximate surface area is 137 Å². The number of oxazole rings is 1. The number of para-hydroxylation sites is 2. The first-order valence-electron chi connectivity index (χ1n) is 7.61. The second-order valence-electron chi connectivity index (χ2n) is 5.27. The van der Waals surface area contributed by atoms with Crippen molar-refractivity contribution >= 4 is 28.3 Å². The van der Waals surface area contributed by atoms with Crippen molar-refractivity contribution in [1.29, 1.82) is 0 Å². The van der Waals surface area contributed by atoms with Gasteiger partial charge in [0.2, 0.25) is 5.91 Å². The summed E-state index contributed by atoms with van der Waals surface area (Å²) in [6.45, 7) is 1.13. The van der Waals surface area contributed by atoms with Crippen molar-refractivity contribution in [2.24, 2.45) is 0 Å². The van der Waals surface area contributed by atoms with Crippen molar-refractivity contribution in [2.75, 3.05) is 6.54 Å². The zero-order valence-electron chi connectivity index (χ0n) is 12.7. The molecule has 2 heterocycles. The van der Waals surface area contributed by atoms with Crippen LogP contribution in [0.2, 0.25) is 0 Å². The predicted molar refractivity (Wildman–Crippen MR) is 90.7 cm³/mol. The van der Waals surface area contributed by atoms with Crippen LogP contribution in [-0.2, 0) is 17.8 Å². The van der Waals surface area contributed by atoms with Crippen LogP contribution in [0.25, 0.3) is 11.1 Å². The first kappa shape index (κ1) is 15.6. The molecule has 0 bridgehead atoms. The van der Waals surface area contributed by atoms with Gasteiger partial charge in [-0.1, -0.05) is 18.2 Å². The van der Waals surface area contributed by atoms with Crippen LogP contribution >= 0.6 is 11.3 Å². The lowest BCUT2D eigenvalue weighted by atomic mass is 10.2. The molecule has 0 spiro atoms. The number of aryl methyl sites for hydroxylation is 1.